The Balaban J connectivity index is 1.28. The molecule has 3 aromatic rings. The van der Waals surface area contributed by atoms with Crippen LogP contribution in [0.15, 0.2) is 54.6 Å². The van der Waals surface area contributed by atoms with Crippen molar-refractivity contribution < 1.29 is 4.79 Å². The molecule has 27 heavy (non-hydrogen) atoms. The predicted molar refractivity (Wildman–Crippen MR) is 108 cm³/mol. The van der Waals surface area contributed by atoms with E-state index in [9.17, 15) is 4.79 Å². The Labute approximate surface area is 159 Å². The summed E-state index contributed by atoms with van der Waals surface area (Å²) in [5.41, 5.74) is 3.16. The number of carbonyl (C=O) groups is 1. The van der Waals surface area contributed by atoms with Gasteiger partial charge >= 0.3 is 0 Å². The van der Waals surface area contributed by atoms with Gasteiger partial charge < -0.3 is 15.6 Å². The van der Waals surface area contributed by atoms with E-state index in [0.29, 0.717) is 6.04 Å². The van der Waals surface area contributed by atoms with Gasteiger partial charge in [-0.15, -0.1) is 0 Å². The lowest BCUT2D eigenvalue weighted by molar-refractivity contribution is -0.126. The van der Waals surface area contributed by atoms with Crippen LogP contribution in [0.1, 0.15) is 44.2 Å². The summed E-state index contributed by atoms with van der Waals surface area (Å²) >= 11 is 0. The molecule has 0 spiro atoms. The summed E-state index contributed by atoms with van der Waals surface area (Å²) in [7, 11) is 0. The first-order chi connectivity index (χ1) is 13.2. The molecule has 0 radical (unpaired) electrons. The standard InChI is InChI=1S/C22H26N4O/c1-15(16-7-3-2-4-8-16)23-21(27)17-11-13-18(14-12-17)24-22-25-19-9-5-6-10-20(19)26-22/h2-10,15,17-18H,11-14H2,1H3,(H,23,27)(H2,24,25,26)/t15?,17-,18-. The lowest BCUT2D eigenvalue weighted by Crippen LogP contribution is -2.37. The maximum atomic E-state index is 12.6. The van der Waals surface area contributed by atoms with Crippen molar-refractivity contribution in [2.24, 2.45) is 5.92 Å². The van der Waals surface area contributed by atoms with Crippen LogP contribution < -0.4 is 10.6 Å². The maximum Gasteiger partial charge on any atom is 0.223 e. The second-order valence-electron chi connectivity index (χ2n) is 7.44. The normalized spacial score (nSPS) is 20.9. The zero-order valence-corrected chi connectivity index (χ0v) is 15.6. The molecule has 3 N–H and O–H groups in total. The number of rotatable bonds is 5. The second kappa shape index (κ2) is 7.82. The minimum Gasteiger partial charge on any atom is -0.353 e. The van der Waals surface area contributed by atoms with Gasteiger partial charge in [0.2, 0.25) is 11.9 Å². The SMILES string of the molecule is CC(NC(=O)[C@H]1CC[C@H](Nc2nc3ccccc3[nH]2)CC1)c1ccccc1. The summed E-state index contributed by atoms with van der Waals surface area (Å²) in [4.78, 5) is 20.5. The first kappa shape index (κ1) is 17.6. The number of H-pyrrole nitrogens is 1. The number of benzene rings is 2. The Bertz CT molecular complexity index is 864. The van der Waals surface area contributed by atoms with Crippen molar-refractivity contribution in [3.63, 3.8) is 0 Å². The van der Waals surface area contributed by atoms with E-state index in [1.807, 2.05) is 49.4 Å². The fourth-order valence-corrected chi connectivity index (χ4v) is 3.87. The molecule has 1 aliphatic carbocycles. The molecule has 1 unspecified atom stereocenters. The molecule has 140 valence electrons. The molecule has 0 aliphatic heterocycles. The third kappa shape index (κ3) is 4.13. The highest BCUT2D eigenvalue weighted by molar-refractivity contribution is 5.79. The van der Waals surface area contributed by atoms with E-state index >= 15 is 0 Å². The van der Waals surface area contributed by atoms with Crippen LogP contribution in [-0.2, 0) is 4.79 Å². The average Bonchev–Trinajstić information content (AvgIpc) is 3.11. The molecule has 5 nitrogen and oxygen atoms in total. The van der Waals surface area contributed by atoms with E-state index in [0.717, 1.165) is 48.2 Å². The molecule has 5 heteroatoms. The monoisotopic (exact) mass is 362 g/mol. The van der Waals surface area contributed by atoms with E-state index in [4.69, 9.17) is 0 Å². The number of aromatic nitrogens is 2. The number of fused-ring (bicyclic) bond motifs is 1. The van der Waals surface area contributed by atoms with Crippen LogP contribution in [-0.4, -0.2) is 21.9 Å². The number of anilines is 1. The number of imidazole rings is 1. The minimum absolute atomic E-state index is 0.0464. The lowest BCUT2D eigenvalue weighted by atomic mass is 9.85. The molecule has 1 saturated carbocycles. The number of amides is 1. The number of para-hydroxylation sites is 2. The molecule has 1 aliphatic rings. The molecule has 1 fully saturated rings. The van der Waals surface area contributed by atoms with Crippen LogP contribution in [0.5, 0.6) is 0 Å². The zero-order chi connectivity index (χ0) is 18.6. The third-order valence-corrected chi connectivity index (χ3v) is 5.49. The van der Waals surface area contributed by atoms with E-state index < -0.39 is 0 Å². The quantitative estimate of drug-likeness (QED) is 0.630. The molecule has 1 heterocycles. The summed E-state index contributed by atoms with van der Waals surface area (Å²) in [5.74, 6) is 1.10. The summed E-state index contributed by atoms with van der Waals surface area (Å²) in [6.07, 6.45) is 3.78. The van der Waals surface area contributed by atoms with Crippen LogP contribution in [0, 0.1) is 5.92 Å². The van der Waals surface area contributed by atoms with Gasteiger partial charge in [-0.25, -0.2) is 4.98 Å². The van der Waals surface area contributed by atoms with Crippen molar-refractivity contribution in [1.82, 2.24) is 15.3 Å². The number of aromatic amines is 1. The molecule has 0 saturated heterocycles. The molecule has 4 rings (SSSR count). The molecular formula is C22H26N4O. The van der Waals surface area contributed by atoms with Crippen LogP contribution in [0.25, 0.3) is 11.0 Å². The van der Waals surface area contributed by atoms with Gasteiger partial charge in [0.15, 0.2) is 0 Å². The van der Waals surface area contributed by atoms with Crippen LogP contribution in [0.2, 0.25) is 0 Å². The highest BCUT2D eigenvalue weighted by atomic mass is 16.1. The molecular weight excluding hydrogens is 336 g/mol. The van der Waals surface area contributed by atoms with Gasteiger partial charge in [0.1, 0.15) is 0 Å². The Hall–Kier alpha value is -2.82. The summed E-state index contributed by atoms with van der Waals surface area (Å²) in [5, 5.41) is 6.67. The first-order valence-electron chi connectivity index (χ1n) is 9.75. The maximum absolute atomic E-state index is 12.6. The van der Waals surface area contributed by atoms with Crippen LogP contribution in [0.4, 0.5) is 5.95 Å². The van der Waals surface area contributed by atoms with Crippen molar-refractivity contribution in [3.8, 4) is 0 Å². The van der Waals surface area contributed by atoms with Crippen molar-refractivity contribution in [2.75, 3.05) is 5.32 Å². The minimum atomic E-state index is 0.0464. The van der Waals surface area contributed by atoms with Gasteiger partial charge in [-0.3, -0.25) is 4.79 Å². The number of nitrogens with one attached hydrogen (secondary N) is 3. The predicted octanol–water partition coefficient (Wildman–Crippen LogP) is 4.41. The van der Waals surface area contributed by atoms with Crippen LogP contribution >= 0.6 is 0 Å². The number of hydrogen-bond acceptors (Lipinski definition) is 3. The summed E-state index contributed by atoms with van der Waals surface area (Å²) < 4.78 is 0. The van der Waals surface area contributed by atoms with E-state index in [-0.39, 0.29) is 17.9 Å². The fourth-order valence-electron chi connectivity index (χ4n) is 3.87. The average molecular weight is 362 g/mol. The van der Waals surface area contributed by atoms with Crippen LogP contribution in [0.3, 0.4) is 0 Å². The molecule has 1 atom stereocenters. The van der Waals surface area contributed by atoms with Gasteiger partial charge in [-0.2, -0.15) is 0 Å². The lowest BCUT2D eigenvalue weighted by Gasteiger charge is -2.29. The van der Waals surface area contributed by atoms with Gasteiger partial charge in [0.25, 0.3) is 0 Å². The third-order valence-electron chi connectivity index (χ3n) is 5.49. The van der Waals surface area contributed by atoms with Gasteiger partial charge in [0.05, 0.1) is 17.1 Å². The molecule has 1 aromatic heterocycles. The van der Waals surface area contributed by atoms with Crippen molar-refractivity contribution in [1.29, 1.82) is 0 Å². The van der Waals surface area contributed by atoms with Gasteiger partial charge in [-0.1, -0.05) is 42.5 Å². The highest BCUT2D eigenvalue weighted by Gasteiger charge is 2.27. The number of hydrogen-bond donors (Lipinski definition) is 3. The topological polar surface area (TPSA) is 69.8 Å². The van der Waals surface area contributed by atoms with Gasteiger partial charge in [0, 0.05) is 12.0 Å². The van der Waals surface area contributed by atoms with Crippen molar-refractivity contribution in [2.45, 2.75) is 44.7 Å². The smallest absolute Gasteiger partial charge is 0.223 e. The van der Waals surface area contributed by atoms with Gasteiger partial charge in [-0.05, 0) is 50.3 Å². The van der Waals surface area contributed by atoms with E-state index in [1.165, 1.54) is 0 Å². The summed E-state index contributed by atoms with van der Waals surface area (Å²) in [6.45, 7) is 2.04. The molecule has 1 amide bonds. The second-order valence-corrected chi connectivity index (χ2v) is 7.44. The molecule has 0 bridgehead atoms. The molecule has 2 aromatic carbocycles. The first-order valence-corrected chi connectivity index (χ1v) is 9.75. The summed E-state index contributed by atoms with van der Waals surface area (Å²) in [6, 6.07) is 18.6. The largest absolute Gasteiger partial charge is 0.353 e. The van der Waals surface area contributed by atoms with E-state index in [2.05, 4.69) is 32.7 Å². The Morgan fingerprint density at radius 3 is 2.48 bits per heavy atom. The van der Waals surface area contributed by atoms with Crippen molar-refractivity contribution in [3.05, 3.63) is 60.2 Å². The Morgan fingerprint density at radius 2 is 1.74 bits per heavy atom. The Kier molecular flexibility index (Phi) is 5.10. The fraction of sp³-hybridized carbons (Fsp3) is 0.364. The highest BCUT2D eigenvalue weighted by Crippen LogP contribution is 2.27. The number of nitrogens with zero attached hydrogens (tertiary/aromatic N) is 1. The number of carbonyl (C=O) groups excluding carboxylic acids is 1. The zero-order valence-electron chi connectivity index (χ0n) is 15.6. The Morgan fingerprint density at radius 1 is 1.04 bits per heavy atom. The van der Waals surface area contributed by atoms with Crippen molar-refractivity contribution >= 4 is 22.9 Å². The van der Waals surface area contributed by atoms with E-state index in [1.54, 1.807) is 0 Å².